The van der Waals surface area contributed by atoms with E-state index in [-0.39, 0.29) is 0 Å². The Morgan fingerprint density at radius 1 is 1.43 bits per heavy atom. The number of hydrogen-bond acceptors (Lipinski definition) is 3. The van der Waals surface area contributed by atoms with E-state index in [0.29, 0.717) is 10.7 Å². The Balaban J connectivity index is 3.04. The van der Waals surface area contributed by atoms with E-state index in [0.717, 1.165) is 11.8 Å². The quantitative estimate of drug-likeness (QED) is 0.566. The van der Waals surface area contributed by atoms with Crippen molar-refractivity contribution in [3.05, 3.63) is 34.7 Å². The third kappa shape index (κ3) is 2.85. The molecule has 0 bridgehead atoms. The lowest BCUT2D eigenvalue weighted by Crippen LogP contribution is -2.00. The monoisotopic (exact) mass is 210 g/mol. The molecule has 0 atom stereocenters. The molecule has 14 heavy (non-hydrogen) atoms. The highest BCUT2D eigenvalue weighted by Gasteiger charge is 1.99. The average molecular weight is 211 g/mol. The molecule has 0 fully saturated rings. The number of carbonyl (C=O) groups is 1. The van der Waals surface area contributed by atoms with E-state index >= 15 is 0 Å². The zero-order chi connectivity index (χ0) is 10.6. The van der Waals surface area contributed by atoms with Gasteiger partial charge in [0.1, 0.15) is 5.15 Å². The lowest BCUT2D eigenvalue weighted by atomic mass is 10.1. The standard InChI is InChI=1S/C10H11ClN2O/c1-13(2)4-3-8-5-10(11)12-6-9(8)7-14/h3-7H,1-2H3/b4-3-. The summed E-state index contributed by atoms with van der Waals surface area (Å²) in [6.45, 7) is 0. The van der Waals surface area contributed by atoms with Crippen LogP contribution in [0.2, 0.25) is 5.15 Å². The molecule has 3 nitrogen and oxygen atoms in total. The molecule has 1 heterocycles. The summed E-state index contributed by atoms with van der Waals surface area (Å²) in [5, 5.41) is 0.383. The maximum atomic E-state index is 10.7. The second-order valence-electron chi connectivity index (χ2n) is 3.03. The Morgan fingerprint density at radius 3 is 2.71 bits per heavy atom. The van der Waals surface area contributed by atoms with Gasteiger partial charge in [-0.25, -0.2) is 4.98 Å². The Kier molecular flexibility index (Phi) is 3.65. The van der Waals surface area contributed by atoms with Crippen LogP contribution in [0.15, 0.2) is 18.5 Å². The molecule has 1 aromatic heterocycles. The predicted octanol–water partition coefficient (Wildman–Crippen LogP) is 2.08. The molecule has 0 unspecified atom stereocenters. The highest BCUT2D eigenvalue weighted by molar-refractivity contribution is 6.29. The Hall–Kier alpha value is -1.35. The molecule has 0 saturated heterocycles. The molecule has 1 aromatic rings. The van der Waals surface area contributed by atoms with Gasteiger partial charge in [0.05, 0.1) is 0 Å². The second kappa shape index (κ2) is 4.77. The molecule has 0 aromatic carbocycles. The number of pyridine rings is 1. The van der Waals surface area contributed by atoms with E-state index < -0.39 is 0 Å². The number of aldehydes is 1. The van der Waals surface area contributed by atoms with Crippen molar-refractivity contribution in [1.82, 2.24) is 9.88 Å². The highest BCUT2D eigenvalue weighted by atomic mass is 35.5. The maximum absolute atomic E-state index is 10.7. The first-order chi connectivity index (χ1) is 6.63. The van der Waals surface area contributed by atoms with Gasteiger partial charge in [-0.1, -0.05) is 11.6 Å². The zero-order valence-corrected chi connectivity index (χ0v) is 8.82. The van der Waals surface area contributed by atoms with Crippen molar-refractivity contribution in [2.75, 3.05) is 14.1 Å². The smallest absolute Gasteiger partial charge is 0.152 e. The molecule has 0 spiro atoms. The minimum Gasteiger partial charge on any atom is -0.383 e. The predicted molar refractivity (Wildman–Crippen MR) is 57.4 cm³/mol. The summed E-state index contributed by atoms with van der Waals surface area (Å²) in [6.07, 6.45) is 5.89. The Labute approximate surface area is 88.0 Å². The molecule has 74 valence electrons. The van der Waals surface area contributed by atoms with Crippen LogP contribution < -0.4 is 0 Å². The molecule has 0 aliphatic rings. The summed E-state index contributed by atoms with van der Waals surface area (Å²) in [5.41, 5.74) is 1.31. The van der Waals surface area contributed by atoms with Crippen LogP contribution in [0.5, 0.6) is 0 Å². The van der Waals surface area contributed by atoms with Crippen molar-refractivity contribution in [2.24, 2.45) is 0 Å². The minimum absolute atomic E-state index is 0.383. The number of halogens is 1. The molecular formula is C10H11ClN2O. The number of carbonyl (C=O) groups excluding carboxylic acids is 1. The SMILES string of the molecule is CN(C)/C=C\c1cc(Cl)ncc1C=O. The van der Waals surface area contributed by atoms with Crippen LogP contribution in [0, 0.1) is 0 Å². The van der Waals surface area contributed by atoms with E-state index in [2.05, 4.69) is 4.98 Å². The lowest BCUT2D eigenvalue weighted by molar-refractivity contribution is 0.112. The van der Waals surface area contributed by atoms with Crippen molar-refractivity contribution in [3.63, 3.8) is 0 Å². The van der Waals surface area contributed by atoms with Gasteiger partial charge in [-0.15, -0.1) is 0 Å². The van der Waals surface area contributed by atoms with Crippen LogP contribution >= 0.6 is 11.6 Å². The number of rotatable bonds is 3. The molecule has 0 amide bonds. The van der Waals surface area contributed by atoms with E-state index in [9.17, 15) is 4.79 Å². The van der Waals surface area contributed by atoms with Crippen LogP contribution in [-0.2, 0) is 0 Å². The molecule has 1 rings (SSSR count). The van der Waals surface area contributed by atoms with E-state index in [1.807, 2.05) is 31.3 Å². The lowest BCUT2D eigenvalue weighted by Gasteiger charge is -2.04. The first-order valence-corrected chi connectivity index (χ1v) is 4.46. The normalized spacial score (nSPS) is 10.5. The van der Waals surface area contributed by atoms with Crippen LogP contribution in [0.4, 0.5) is 0 Å². The third-order valence-corrected chi connectivity index (χ3v) is 1.82. The van der Waals surface area contributed by atoms with Crippen molar-refractivity contribution in [3.8, 4) is 0 Å². The van der Waals surface area contributed by atoms with Gasteiger partial charge < -0.3 is 4.90 Å². The molecular weight excluding hydrogens is 200 g/mol. The topological polar surface area (TPSA) is 33.2 Å². The number of nitrogens with zero attached hydrogens (tertiary/aromatic N) is 2. The molecule has 0 aliphatic carbocycles. The van der Waals surface area contributed by atoms with Crippen molar-refractivity contribution in [1.29, 1.82) is 0 Å². The van der Waals surface area contributed by atoms with Gasteiger partial charge in [-0.2, -0.15) is 0 Å². The minimum atomic E-state index is 0.383. The summed E-state index contributed by atoms with van der Waals surface area (Å²) in [4.78, 5) is 16.4. The van der Waals surface area contributed by atoms with Gasteiger partial charge in [0, 0.05) is 25.9 Å². The van der Waals surface area contributed by atoms with Crippen LogP contribution in [0.25, 0.3) is 6.08 Å². The summed E-state index contributed by atoms with van der Waals surface area (Å²) in [5.74, 6) is 0. The fourth-order valence-corrected chi connectivity index (χ4v) is 1.09. The van der Waals surface area contributed by atoms with Crippen LogP contribution in [-0.4, -0.2) is 30.3 Å². The molecule has 0 aliphatic heterocycles. The second-order valence-corrected chi connectivity index (χ2v) is 3.42. The van der Waals surface area contributed by atoms with Gasteiger partial charge in [-0.3, -0.25) is 4.79 Å². The summed E-state index contributed by atoms with van der Waals surface area (Å²) in [7, 11) is 3.81. The highest BCUT2D eigenvalue weighted by Crippen LogP contribution is 2.13. The summed E-state index contributed by atoms with van der Waals surface area (Å²) >= 11 is 5.71. The number of aromatic nitrogens is 1. The summed E-state index contributed by atoms with van der Waals surface area (Å²) < 4.78 is 0. The van der Waals surface area contributed by atoms with Crippen molar-refractivity contribution >= 4 is 24.0 Å². The Morgan fingerprint density at radius 2 is 2.14 bits per heavy atom. The molecule has 4 heteroatoms. The van der Waals surface area contributed by atoms with Gasteiger partial charge in [-0.05, 0) is 23.9 Å². The maximum Gasteiger partial charge on any atom is 0.152 e. The fraction of sp³-hybridized carbons (Fsp3) is 0.200. The first kappa shape index (κ1) is 10.7. The average Bonchev–Trinajstić information content (AvgIpc) is 2.15. The van der Waals surface area contributed by atoms with E-state index in [1.54, 1.807) is 6.07 Å². The van der Waals surface area contributed by atoms with E-state index in [1.165, 1.54) is 6.20 Å². The Bertz CT molecular complexity index is 361. The number of hydrogen-bond donors (Lipinski definition) is 0. The van der Waals surface area contributed by atoms with Crippen LogP contribution in [0.1, 0.15) is 15.9 Å². The fourth-order valence-electron chi connectivity index (χ4n) is 0.927. The van der Waals surface area contributed by atoms with Gasteiger partial charge >= 0.3 is 0 Å². The van der Waals surface area contributed by atoms with Gasteiger partial charge in [0.2, 0.25) is 0 Å². The van der Waals surface area contributed by atoms with Gasteiger partial charge in [0.15, 0.2) is 6.29 Å². The largest absolute Gasteiger partial charge is 0.383 e. The molecule has 0 saturated carbocycles. The molecule has 0 N–H and O–H groups in total. The van der Waals surface area contributed by atoms with Crippen molar-refractivity contribution < 1.29 is 4.79 Å². The first-order valence-electron chi connectivity index (χ1n) is 4.09. The van der Waals surface area contributed by atoms with Crippen molar-refractivity contribution in [2.45, 2.75) is 0 Å². The third-order valence-electron chi connectivity index (χ3n) is 1.61. The van der Waals surface area contributed by atoms with E-state index in [4.69, 9.17) is 11.6 Å². The summed E-state index contributed by atoms with van der Waals surface area (Å²) in [6, 6.07) is 1.66. The zero-order valence-electron chi connectivity index (χ0n) is 8.07. The van der Waals surface area contributed by atoms with Crippen LogP contribution in [0.3, 0.4) is 0 Å². The van der Waals surface area contributed by atoms with Gasteiger partial charge in [0.25, 0.3) is 0 Å². The molecule has 0 radical (unpaired) electrons.